The van der Waals surface area contributed by atoms with Crippen LogP contribution in [0.1, 0.15) is 46.6 Å². The predicted octanol–water partition coefficient (Wildman–Crippen LogP) is 5.11. The minimum absolute atomic E-state index is 0.147. The number of nitriles is 1. The zero-order valence-electron chi connectivity index (χ0n) is 13.9. The summed E-state index contributed by atoms with van der Waals surface area (Å²) >= 11 is 3.32. The Morgan fingerprint density at radius 2 is 2.17 bits per heavy atom. The van der Waals surface area contributed by atoms with Crippen LogP contribution in [0.5, 0.6) is 0 Å². The molecule has 1 aromatic heterocycles. The van der Waals surface area contributed by atoms with Gasteiger partial charge in [-0.15, -0.1) is 23.1 Å². The first-order valence-electron chi connectivity index (χ1n) is 8.21. The van der Waals surface area contributed by atoms with Gasteiger partial charge < -0.3 is 5.32 Å². The van der Waals surface area contributed by atoms with Crippen LogP contribution in [-0.2, 0) is 12.8 Å². The summed E-state index contributed by atoms with van der Waals surface area (Å²) in [6.45, 7) is 4.34. The molecule has 1 aliphatic carbocycles. The van der Waals surface area contributed by atoms with E-state index in [0.717, 1.165) is 35.5 Å². The first kappa shape index (κ1) is 17.1. The van der Waals surface area contributed by atoms with Crippen LogP contribution < -0.4 is 5.32 Å². The normalized spacial score (nSPS) is 16.3. The molecule has 0 bridgehead atoms. The van der Waals surface area contributed by atoms with Gasteiger partial charge in [0.25, 0.3) is 5.91 Å². The van der Waals surface area contributed by atoms with Crippen LogP contribution in [0.2, 0.25) is 0 Å². The fourth-order valence-corrected chi connectivity index (χ4v) is 5.02. The van der Waals surface area contributed by atoms with E-state index in [-0.39, 0.29) is 5.91 Å². The van der Waals surface area contributed by atoms with E-state index in [4.69, 9.17) is 0 Å². The largest absolute Gasteiger partial charge is 0.312 e. The second-order valence-corrected chi connectivity index (χ2v) is 8.52. The fourth-order valence-electron chi connectivity index (χ4n) is 3.00. The monoisotopic (exact) mass is 356 g/mol. The van der Waals surface area contributed by atoms with Crippen molar-refractivity contribution in [3.8, 4) is 6.07 Å². The molecule has 0 spiro atoms. The van der Waals surface area contributed by atoms with Gasteiger partial charge in [-0.05, 0) is 60.8 Å². The third-order valence-electron chi connectivity index (χ3n) is 4.28. The molecule has 5 heteroatoms. The lowest BCUT2D eigenvalue weighted by molar-refractivity contribution is 0.102. The third-order valence-corrected chi connectivity index (χ3v) is 6.34. The lowest BCUT2D eigenvalue weighted by Gasteiger charge is -2.17. The molecule has 0 aliphatic heterocycles. The van der Waals surface area contributed by atoms with Gasteiger partial charge in [0.2, 0.25) is 0 Å². The van der Waals surface area contributed by atoms with Crippen LogP contribution in [0, 0.1) is 17.2 Å². The van der Waals surface area contributed by atoms with Gasteiger partial charge in [-0.25, -0.2) is 0 Å². The van der Waals surface area contributed by atoms with Crippen LogP contribution in [0.4, 0.5) is 5.00 Å². The van der Waals surface area contributed by atoms with Crippen molar-refractivity contribution in [3.05, 3.63) is 45.8 Å². The Kier molecular flexibility index (Phi) is 5.27. The number of benzene rings is 1. The van der Waals surface area contributed by atoms with Crippen molar-refractivity contribution in [2.45, 2.75) is 38.0 Å². The van der Waals surface area contributed by atoms with E-state index in [1.54, 1.807) is 23.1 Å². The van der Waals surface area contributed by atoms with Crippen molar-refractivity contribution < 1.29 is 4.79 Å². The van der Waals surface area contributed by atoms with E-state index in [0.29, 0.717) is 22.0 Å². The number of thiophene rings is 1. The lowest BCUT2D eigenvalue weighted by Crippen LogP contribution is -2.12. The van der Waals surface area contributed by atoms with Gasteiger partial charge in [-0.1, -0.05) is 13.8 Å². The van der Waals surface area contributed by atoms with Crippen molar-refractivity contribution in [1.82, 2.24) is 0 Å². The van der Waals surface area contributed by atoms with Crippen molar-refractivity contribution >= 4 is 34.0 Å². The summed E-state index contributed by atoms with van der Waals surface area (Å²) in [4.78, 5) is 14.9. The summed E-state index contributed by atoms with van der Waals surface area (Å²) < 4.78 is 0. The van der Waals surface area contributed by atoms with Gasteiger partial charge in [0.05, 0.1) is 5.56 Å². The molecule has 1 heterocycles. The van der Waals surface area contributed by atoms with Gasteiger partial charge in [0.15, 0.2) is 0 Å². The highest BCUT2D eigenvalue weighted by Gasteiger charge is 2.24. The second-order valence-electron chi connectivity index (χ2n) is 6.08. The zero-order valence-corrected chi connectivity index (χ0v) is 15.5. The van der Waals surface area contributed by atoms with Crippen molar-refractivity contribution in [3.63, 3.8) is 0 Å². The Bertz CT molecular complexity index is 787. The van der Waals surface area contributed by atoms with E-state index in [1.165, 1.54) is 4.88 Å². The van der Waals surface area contributed by atoms with Crippen molar-refractivity contribution in [2.24, 2.45) is 5.92 Å². The molecular formula is C19H20N2OS2. The number of anilines is 1. The highest BCUT2D eigenvalue weighted by atomic mass is 32.2. The topological polar surface area (TPSA) is 52.9 Å². The Labute approximate surface area is 151 Å². The van der Waals surface area contributed by atoms with Crippen molar-refractivity contribution in [1.29, 1.82) is 5.26 Å². The molecule has 3 nitrogen and oxygen atoms in total. The predicted molar refractivity (Wildman–Crippen MR) is 101 cm³/mol. The smallest absolute Gasteiger partial charge is 0.256 e. The quantitative estimate of drug-likeness (QED) is 0.775. The zero-order chi connectivity index (χ0) is 17.1. The van der Waals surface area contributed by atoms with Crippen molar-refractivity contribution in [2.75, 3.05) is 11.1 Å². The number of hydrogen-bond acceptors (Lipinski definition) is 4. The summed E-state index contributed by atoms with van der Waals surface area (Å²) in [6, 6.07) is 9.91. The average Bonchev–Trinajstić information content (AvgIpc) is 2.91. The summed E-state index contributed by atoms with van der Waals surface area (Å²) in [7, 11) is 0. The Hall–Kier alpha value is -1.77. The molecule has 1 aromatic carbocycles. The second kappa shape index (κ2) is 7.42. The number of nitrogens with zero attached hydrogens (tertiary/aromatic N) is 1. The van der Waals surface area contributed by atoms with Gasteiger partial charge in [-0.2, -0.15) is 5.26 Å². The van der Waals surface area contributed by atoms with E-state index < -0.39 is 0 Å². The van der Waals surface area contributed by atoms with Gasteiger partial charge in [0.1, 0.15) is 11.1 Å². The molecule has 0 fully saturated rings. The third kappa shape index (κ3) is 3.50. The number of thioether (sulfide) groups is 1. The number of rotatable bonds is 4. The Morgan fingerprint density at radius 3 is 2.83 bits per heavy atom. The van der Waals surface area contributed by atoms with Crippen LogP contribution in [-0.4, -0.2) is 11.7 Å². The molecule has 3 rings (SSSR count). The minimum Gasteiger partial charge on any atom is -0.312 e. The van der Waals surface area contributed by atoms with Gasteiger partial charge >= 0.3 is 0 Å². The molecule has 0 unspecified atom stereocenters. The highest BCUT2D eigenvalue weighted by Crippen LogP contribution is 2.39. The maximum Gasteiger partial charge on any atom is 0.256 e. The molecule has 2 aromatic rings. The van der Waals surface area contributed by atoms with E-state index >= 15 is 0 Å². The molecule has 0 saturated carbocycles. The van der Waals surface area contributed by atoms with E-state index in [9.17, 15) is 10.1 Å². The van der Waals surface area contributed by atoms with Crippen LogP contribution >= 0.6 is 23.1 Å². The van der Waals surface area contributed by atoms with Gasteiger partial charge in [-0.3, -0.25) is 4.79 Å². The number of amides is 1. The minimum atomic E-state index is -0.147. The molecule has 1 amide bonds. The molecule has 0 radical (unpaired) electrons. The highest BCUT2D eigenvalue weighted by molar-refractivity contribution is 7.99. The van der Waals surface area contributed by atoms with Crippen LogP contribution in [0.15, 0.2) is 29.2 Å². The number of carbonyl (C=O) groups excluding carboxylic acids is 1. The first-order valence-corrected chi connectivity index (χ1v) is 10.0. The summed E-state index contributed by atoms with van der Waals surface area (Å²) in [5.41, 5.74) is 2.43. The number of fused-ring (bicyclic) bond motifs is 1. The SMILES string of the molecule is CCSc1ccc(C(=O)Nc2sc3c(c2C#N)CC[C@H](C)C3)cc1. The maximum absolute atomic E-state index is 12.5. The summed E-state index contributed by atoms with van der Waals surface area (Å²) in [5, 5.41) is 13.2. The molecule has 1 atom stereocenters. The van der Waals surface area contributed by atoms with Crippen LogP contribution in [0.25, 0.3) is 0 Å². The van der Waals surface area contributed by atoms with Crippen LogP contribution in [0.3, 0.4) is 0 Å². The van der Waals surface area contributed by atoms with Gasteiger partial charge in [0, 0.05) is 15.3 Å². The summed E-state index contributed by atoms with van der Waals surface area (Å²) in [5.74, 6) is 1.51. The molecule has 0 saturated heterocycles. The van der Waals surface area contributed by atoms with E-state index in [2.05, 4.69) is 25.2 Å². The standard InChI is InChI=1S/C19H20N2OS2/c1-3-23-14-7-5-13(6-8-14)18(22)21-19-16(11-20)15-9-4-12(2)10-17(15)24-19/h5-8,12H,3-4,9-10H2,1-2H3,(H,21,22)/t12-/m0/s1. The molecular weight excluding hydrogens is 336 g/mol. The lowest BCUT2D eigenvalue weighted by atomic mass is 9.88. The number of carbonyl (C=O) groups is 1. The Morgan fingerprint density at radius 1 is 1.42 bits per heavy atom. The summed E-state index contributed by atoms with van der Waals surface area (Å²) in [6.07, 6.45) is 3.06. The average molecular weight is 357 g/mol. The molecule has 124 valence electrons. The number of nitrogens with one attached hydrogen (secondary N) is 1. The molecule has 1 aliphatic rings. The first-order chi connectivity index (χ1) is 11.6. The maximum atomic E-state index is 12.5. The van der Waals surface area contributed by atoms with E-state index in [1.807, 2.05) is 24.3 Å². The number of hydrogen-bond donors (Lipinski definition) is 1. The fraction of sp³-hybridized carbons (Fsp3) is 0.368. The molecule has 24 heavy (non-hydrogen) atoms. The molecule has 1 N–H and O–H groups in total. The Balaban J connectivity index is 1.80.